The predicted molar refractivity (Wildman–Crippen MR) is 110 cm³/mol. The summed E-state index contributed by atoms with van der Waals surface area (Å²) >= 11 is 0. The lowest BCUT2D eigenvalue weighted by Gasteiger charge is -2.42. The molecule has 2 aliphatic carbocycles. The molecule has 170 valence electrons. The van der Waals surface area contributed by atoms with Crippen molar-refractivity contribution in [2.75, 3.05) is 12.4 Å². The molecule has 9 heteroatoms. The van der Waals surface area contributed by atoms with Crippen LogP contribution in [-0.2, 0) is 10.4 Å². The summed E-state index contributed by atoms with van der Waals surface area (Å²) in [5.41, 5.74) is -1.25. The average molecular weight is 439 g/mol. The van der Waals surface area contributed by atoms with Crippen molar-refractivity contribution in [2.24, 2.45) is 5.41 Å². The molecule has 1 aromatic heterocycles. The number of aliphatic hydroxyl groups is 1. The highest BCUT2D eigenvalue weighted by Crippen LogP contribution is 2.55. The summed E-state index contributed by atoms with van der Waals surface area (Å²) in [5.74, 6) is 0.0282. The van der Waals surface area contributed by atoms with Crippen LogP contribution in [0.2, 0.25) is 0 Å². The molecule has 2 N–H and O–H groups in total. The molecule has 2 saturated carbocycles. The fourth-order valence-corrected chi connectivity index (χ4v) is 4.51. The Labute approximate surface area is 178 Å². The van der Waals surface area contributed by atoms with Crippen LogP contribution in [-0.4, -0.2) is 33.9 Å². The van der Waals surface area contributed by atoms with E-state index >= 15 is 0 Å². The molecule has 1 heterocycles. The Bertz CT molecular complexity index is 999. The summed E-state index contributed by atoms with van der Waals surface area (Å²) in [7, 11) is 1.50. The van der Waals surface area contributed by atoms with Crippen LogP contribution in [0.1, 0.15) is 70.4 Å². The van der Waals surface area contributed by atoms with Gasteiger partial charge in [0.1, 0.15) is 5.75 Å². The molecule has 2 aliphatic rings. The minimum absolute atomic E-state index is 0.0187. The van der Waals surface area contributed by atoms with E-state index in [4.69, 9.17) is 4.74 Å². The molecule has 6 nitrogen and oxygen atoms in total. The van der Waals surface area contributed by atoms with Crippen molar-refractivity contribution < 1.29 is 27.8 Å². The maximum atomic E-state index is 13.5. The van der Waals surface area contributed by atoms with Gasteiger partial charge in [0.05, 0.1) is 29.2 Å². The number of alkyl halides is 3. The van der Waals surface area contributed by atoms with Crippen molar-refractivity contribution in [3.05, 3.63) is 17.7 Å². The lowest BCUT2D eigenvalue weighted by Crippen LogP contribution is -2.46. The smallest absolute Gasteiger partial charge is 0.395 e. The molecular weight excluding hydrogens is 411 g/mol. The first-order chi connectivity index (χ1) is 14.4. The minimum atomic E-state index is -4.40. The van der Waals surface area contributed by atoms with Crippen LogP contribution in [0, 0.1) is 5.41 Å². The number of methoxy groups -OCH3 is 1. The zero-order valence-electron chi connectivity index (χ0n) is 18.0. The van der Waals surface area contributed by atoms with E-state index in [0.717, 1.165) is 19.3 Å². The van der Waals surface area contributed by atoms with E-state index in [1.54, 1.807) is 26.0 Å². The zero-order chi connectivity index (χ0) is 22.6. The minimum Gasteiger partial charge on any atom is -0.496 e. The number of ether oxygens (including phenoxy) is 1. The van der Waals surface area contributed by atoms with E-state index in [-0.39, 0.29) is 24.8 Å². The van der Waals surface area contributed by atoms with Gasteiger partial charge in [-0.05, 0) is 52.0 Å². The Hall–Kier alpha value is -2.29. The predicted octanol–water partition coefficient (Wildman–Crippen LogP) is 5.06. The van der Waals surface area contributed by atoms with Gasteiger partial charge in [-0.15, -0.1) is 0 Å². The van der Waals surface area contributed by atoms with Gasteiger partial charge >= 0.3 is 6.18 Å². The van der Waals surface area contributed by atoms with Crippen molar-refractivity contribution in [1.82, 2.24) is 9.55 Å². The third-order valence-electron chi connectivity index (χ3n) is 6.77. The fraction of sp³-hybridized carbons (Fsp3) is 0.636. The maximum Gasteiger partial charge on any atom is 0.395 e. The van der Waals surface area contributed by atoms with Gasteiger partial charge in [-0.25, -0.2) is 4.98 Å². The summed E-state index contributed by atoms with van der Waals surface area (Å²) in [4.78, 5) is 17.2. The first kappa shape index (κ1) is 21.9. The highest BCUT2D eigenvalue weighted by molar-refractivity contribution is 5.92. The van der Waals surface area contributed by atoms with Gasteiger partial charge in [0.15, 0.2) is 0 Å². The summed E-state index contributed by atoms with van der Waals surface area (Å²) < 4.78 is 47.8. The van der Waals surface area contributed by atoms with Crippen molar-refractivity contribution >= 4 is 22.9 Å². The lowest BCUT2D eigenvalue weighted by atomic mass is 9.66. The third-order valence-corrected chi connectivity index (χ3v) is 6.77. The van der Waals surface area contributed by atoms with Crippen molar-refractivity contribution in [2.45, 2.75) is 76.6 Å². The topological polar surface area (TPSA) is 76.4 Å². The molecule has 0 unspecified atom stereocenters. The van der Waals surface area contributed by atoms with Crippen LogP contribution in [0.5, 0.6) is 5.75 Å². The van der Waals surface area contributed by atoms with E-state index in [0.29, 0.717) is 28.8 Å². The Morgan fingerprint density at radius 3 is 2.42 bits per heavy atom. The normalized spacial score (nSPS) is 19.1. The summed E-state index contributed by atoms with van der Waals surface area (Å²) in [6, 6.07) is 3.58. The van der Waals surface area contributed by atoms with Gasteiger partial charge in [-0.1, -0.05) is 6.42 Å². The van der Waals surface area contributed by atoms with Gasteiger partial charge in [-0.3, -0.25) is 10.1 Å². The van der Waals surface area contributed by atoms with Crippen LogP contribution in [0.3, 0.4) is 0 Å². The number of amides is 1. The van der Waals surface area contributed by atoms with E-state index < -0.39 is 29.5 Å². The number of hydrogen-bond acceptors (Lipinski definition) is 4. The number of anilines is 1. The van der Waals surface area contributed by atoms with Gasteiger partial charge in [-0.2, -0.15) is 13.2 Å². The van der Waals surface area contributed by atoms with Gasteiger partial charge in [0.2, 0.25) is 11.9 Å². The van der Waals surface area contributed by atoms with Gasteiger partial charge in [0.25, 0.3) is 0 Å². The Morgan fingerprint density at radius 1 is 1.29 bits per heavy atom. The SMILES string of the molecule is COc1cc2nc(NC(=O)CC3(C(F)(F)F)CCC3)n(C3CCC3)c2cc1C(C)(C)O. The quantitative estimate of drug-likeness (QED) is 0.660. The van der Waals surface area contributed by atoms with E-state index in [2.05, 4.69) is 10.3 Å². The Morgan fingerprint density at radius 2 is 1.97 bits per heavy atom. The standard InChI is InChI=1S/C22H28F3N3O3/c1-20(2,30)14-10-16-15(11-17(14)31-3)26-19(28(16)13-6-4-7-13)27-18(29)12-21(8-5-9-21)22(23,24)25/h10-11,13,30H,4-9,12H2,1-3H3,(H,26,27,29). The van der Waals surface area contributed by atoms with Gasteiger partial charge < -0.3 is 14.4 Å². The average Bonchev–Trinajstić information content (AvgIpc) is 2.90. The highest BCUT2D eigenvalue weighted by Gasteiger charge is 2.58. The third kappa shape index (κ3) is 3.77. The second kappa shape index (κ2) is 7.39. The molecule has 2 aromatic rings. The molecule has 0 aliphatic heterocycles. The molecule has 2 fully saturated rings. The first-order valence-electron chi connectivity index (χ1n) is 10.6. The number of halogens is 3. The van der Waals surface area contributed by atoms with E-state index in [1.165, 1.54) is 7.11 Å². The number of rotatable bonds is 6. The van der Waals surface area contributed by atoms with Crippen LogP contribution >= 0.6 is 0 Å². The molecule has 0 spiro atoms. The Kier molecular flexibility index (Phi) is 5.23. The van der Waals surface area contributed by atoms with Crippen molar-refractivity contribution in [3.8, 4) is 5.75 Å². The number of carbonyl (C=O) groups excluding carboxylic acids is 1. The molecule has 4 rings (SSSR count). The lowest BCUT2D eigenvalue weighted by molar-refractivity contribution is -0.251. The maximum absolute atomic E-state index is 13.5. The van der Waals surface area contributed by atoms with Crippen LogP contribution < -0.4 is 10.1 Å². The molecule has 0 radical (unpaired) electrons. The number of nitrogens with zero attached hydrogens (tertiary/aromatic N) is 2. The molecule has 1 amide bonds. The number of hydrogen-bond donors (Lipinski definition) is 2. The van der Waals surface area contributed by atoms with Crippen LogP contribution in [0.4, 0.5) is 19.1 Å². The molecule has 1 aromatic carbocycles. The van der Waals surface area contributed by atoms with E-state index in [1.807, 2.05) is 4.57 Å². The number of fused-ring (bicyclic) bond motifs is 1. The van der Waals surface area contributed by atoms with Crippen molar-refractivity contribution in [3.63, 3.8) is 0 Å². The molecule has 31 heavy (non-hydrogen) atoms. The number of nitrogens with one attached hydrogen (secondary N) is 1. The zero-order valence-corrected chi connectivity index (χ0v) is 18.0. The number of carbonyl (C=O) groups is 1. The highest BCUT2D eigenvalue weighted by atomic mass is 19.4. The summed E-state index contributed by atoms with van der Waals surface area (Å²) in [6.45, 7) is 3.30. The summed E-state index contributed by atoms with van der Waals surface area (Å²) in [6.07, 6.45) is -1.73. The van der Waals surface area contributed by atoms with Crippen LogP contribution in [0.25, 0.3) is 11.0 Å². The Balaban J connectivity index is 1.71. The molecule has 0 atom stereocenters. The molecule has 0 saturated heterocycles. The molecule has 0 bridgehead atoms. The van der Waals surface area contributed by atoms with Crippen molar-refractivity contribution in [1.29, 1.82) is 0 Å². The molecular formula is C22H28F3N3O3. The van der Waals surface area contributed by atoms with E-state index in [9.17, 15) is 23.1 Å². The largest absolute Gasteiger partial charge is 0.496 e. The number of imidazole rings is 1. The van der Waals surface area contributed by atoms with Crippen LogP contribution in [0.15, 0.2) is 12.1 Å². The number of aromatic nitrogens is 2. The second-order valence-corrected chi connectivity index (χ2v) is 9.35. The van der Waals surface area contributed by atoms with Gasteiger partial charge in [0, 0.05) is 24.1 Å². The first-order valence-corrected chi connectivity index (χ1v) is 10.6. The summed E-state index contributed by atoms with van der Waals surface area (Å²) in [5, 5.41) is 13.2. The number of benzene rings is 1. The second-order valence-electron chi connectivity index (χ2n) is 9.35. The fourth-order valence-electron chi connectivity index (χ4n) is 4.51. The monoisotopic (exact) mass is 439 g/mol.